The normalized spacial score (nSPS) is 13.3. The number of aromatic amines is 1. The first kappa shape index (κ1) is 35.0. The maximum absolute atomic E-state index is 5.59. The number of hydrogen-bond acceptors (Lipinski definition) is 3. The van der Waals surface area contributed by atoms with Gasteiger partial charge in [-0.25, -0.2) is 9.97 Å². The van der Waals surface area contributed by atoms with Crippen molar-refractivity contribution >= 4 is 50.0 Å². The molecule has 0 saturated carbocycles. The van der Waals surface area contributed by atoms with E-state index < -0.39 is 0 Å². The summed E-state index contributed by atoms with van der Waals surface area (Å²) >= 11 is 0. The molecule has 0 radical (unpaired) electrons. The Bertz CT molecular complexity index is 3290. The van der Waals surface area contributed by atoms with Crippen molar-refractivity contribution in [3.63, 3.8) is 0 Å². The van der Waals surface area contributed by atoms with Crippen LogP contribution in [0.2, 0.25) is 0 Å². The number of aryl methyl sites for hydroxylation is 3. The van der Waals surface area contributed by atoms with Crippen LogP contribution in [-0.2, 0) is 5.41 Å². The number of para-hydroxylation sites is 5. The fourth-order valence-corrected chi connectivity index (χ4v) is 9.52. The predicted octanol–water partition coefficient (Wildman–Crippen LogP) is 14.1. The van der Waals surface area contributed by atoms with E-state index in [9.17, 15) is 0 Å². The van der Waals surface area contributed by atoms with Crippen LogP contribution in [0.25, 0.3) is 72.2 Å². The summed E-state index contributed by atoms with van der Waals surface area (Å²) in [5, 5.41) is 2.40. The lowest BCUT2D eigenvalue weighted by Gasteiger charge is -2.41. The smallest absolute Gasteiger partial charge is 0.147 e. The maximum Gasteiger partial charge on any atom is 0.147 e. The van der Waals surface area contributed by atoms with Crippen LogP contribution in [-0.4, -0.2) is 19.5 Å². The predicted molar refractivity (Wildman–Crippen MR) is 246 cm³/mol. The van der Waals surface area contributed by atoms with Crippen molar-refractivity contribution in [2.45, 2.75) is 40.0 Å². The number of aromatic nitrogens is 4. The molecule has 0 atom stereocenters. The maximum atomic E-state index is 5.59. The summed E-state index contributed by atoms with van der Waals surface area (Å²) in [7, 11) is 0. The van der Waals surface area contributed by atoms with E-state index in [1.807, 2.05) is 6.20 Å². The molecule has 0 bridgehead atoms. The number of H-pyrrole nitrogens is 1. The Kier molecular flexibility index (Phi) is 7.79. The van der Waals surface area contributed by atoms with Crippen LogP contribution < -0.4 is 4.90 Å². The summed E-state index contributed by atoms with van der Waals surface area (Å²) in [5.74, 6) is 1.79. The number of pyridine rings is 1. The first-order valence-corrected chi connectivity index (χ1v) is 20.4. The molecular formula is C54H43N5. The Morgan fingerprint density at radius 1 is 0.542 bits per heavy atom. The third-order valence-electron chi connectivity index (χ3n) is 12.6. The molecule has 0 amide bonds. The molecule has 1 aliphatic heterocycles. The molecule has 10 aromatic rings. The molecule has 0 spiro atoms. The van der Waals surface area contributed by atoms with Gasteiger partial charge in [0, 0.05) is 44.7 Å². The van der Waals surface area contributed by atoms with E-state index in [0.717, 1.165) is 73.0 Å². The summed E-state index contributed by atoms with van der Waals surface area (Å²) < 4.78 is 2.31. The van der Waals surface area contributed by atoms with Crippen LogP contribution in [0.15, 0.2) is 164 Å². The second kappa shape index (κ2) is 13.2. The average molecular weight is 762 g/mol. The first-order chi connectivity index (χ1) is 28.8. The van der Waals surface area contributed by atoms with E-state index >= 15 is 0 Å². The fourth-order valence-electron chi connectivity index (χ4n) is 9.52. The number of fused-ring (bicyclic) bond motifs is 6. The van der Waals surface area contributed by atoms with Crippen LogP contribution in [0.5, 0.6) is 0 Å². The average Bonchev–Trinajstić information content (AvgIpc) is 3.85. The highest BCUT2D eigenvalue weighted by Crippen LogP contribution is 2.53. The minimum absolute atomic E-state index is 0.241. The van der Waals surface area contributed by atoms with Crippen molar-refractivity contribution in [3.05, 3.63) is 192 Å². The standard InChI is InChI=1S/C54H43N5/c1-33-29-35(3)43(30-34(33)2)37-27-28-55-50(32-37)59-47-23-12-10-21-44(47)54(4,5)45-26-25-36(31-49(45)59)39-18-14-24-48-52(39)57-53(58(48)38-15-7-6-8-16-38)42-20-13-19-41-40-17-9-11-22-46(40)56-51(41)42/h6-32,56H,1-5H3. The molecule has 284 valence electrons. The zero-order chi connectivity index (χ0) is 40.0. The van der Waals surface area contributed by atoms with E-state index in [0.29, 0.717) is 0 Å². The van der Waals surface area contributed by atoms with Crippen molar-refractivity contribution in [1.29, 1.82) is 0 Å². The zero-order valence-corrected chi connectivity index (χ0v) is 33.9. The topological polar surface area (TPSA) is 49.7 Å². The lowest BCUT2D eigenvalue weighted by Crippen LogP contribution is -2.31. The second-order valence-electron chi connectivity index (χ2n) is 16.5. The van der Waals surface area contributed by atoms with Gasteiger partial charge in [0.05, 0.1) is 27.9 Å². The number of nitrogens with zero attached hydrogens (tertiary/aromatic N) is 4. The van der Waals surface area contributed by atoms with Gasteiger partial charge in [0.25, 0.3) is 0 Å². The summed E-state index contributed by atoms with van der Waals surface area (Å²) in [4.78, 5) is 16.8. The molecule has 59 heavy (non-hydrogen) atoms. The van der Waals surface area contributed by atoms with Crippen molar-refractivity contribution < 1.29 is 0 Å². The Hall–Kier alpha value is -7.24. The van der Waals surface area contributed by atoms with Gasteiger partial charge >= 0.3 is 0 Å². The van der Waals surface area contributed by atoms with Crippen molar-refractivity contribution in [2.24, 2.45) is 0 Å². The molecule has 7 aromatic carbocycles. The quantitative estimate of drug-likeness (QED) is 0.190. The molecule has 5 heteroatoms. The van der Waals surface area contributed by atoms with E-state index in [2.05, 4.69) is 207 Å². The molecule has 5 nitrogen and oxygen atoms in total. The SMILES string of the molecule is Cc1cc(C)c(-c2ccnc(N3c4ccccc4C(C)(C)c4ccc(-c5cccc6c5nc(-c5cccc7c5[nH]c5ccccc57)n6-c5ccccc5)cc43)c2)cc1C. The number of nitrogens with one attached hydrogen (secondary N) is 1. The van der Waals surface area contributed by atoms with Gasteiger partial charge in [0.15, 0.2) is 0 Å². The van der Waals surface area contributed by atoms with Crippen LogP contribution in [0, 0.1) is 20.8 Å². The fraction of sp³-hybridized carbons (Fsp3) is 0.111. The number of hydrogen-bond donors (Lipinski definition) is 1. The molecule has 1 aliphatic rings. The Balaban J connectivity index is 1.13. The zero-order valence-electron chi connectivity index (χ0n) is 33.9. The molecule has 1 N–H and O–H groups in total. The summed E-state index contributed by atoms with van der Waals surface area (Å²) in [6.07, 6.45) is 1.96. The van der Waals surface area contributed by atoms with Gasteiger partial charge < -0.3 is 4.98 Å². The minimum atomic E-state index is -0.241. The van der Waals surface area contributed by atoms with Crippen molar-refractivity contribution in [2.75, 3.05) is 4.90 Å². The van der Waals surface area contributed by atoms with E-state index in [-0.39, 0.29) is 5.41 Å². The number of imidazole rings is 1. The molecule has 3 aromatic heterocycles. The third kappa shape index (κ3) is 5.38. The van der Waals surface area contributed by atoms with Gasteiger partial charge in [-0.05, 0) is 120 Å². The second-order valence-corrected chi connectivity index (χ2v) is 16.5. The summed E-state index contributed by atoms with van der Waals surface area (Å²) in [5.41, 5.74) is 19.3. The Labute approximate surface area is 344 Å². The van der Waals surface area contributed by atoms with Gasteiger partial charge in [0.1, 0.15) is 11.6 Å². The van der Waals surface area contributed by atoms with Gasteiger partial charge in [-0.1, -0.05) is 117 Å². The van der Waals surface area contributed by atoms with Crippen LogP contribution in [0.1, 0.15) is 41.7 Å². The monoisotopic (exact) mass is 761 g/mol. The lowest BCUT2D eigenvalue weighted by atomic mass is 9.73. The van der Waals surface area contributed by atoms with E-state index in [4.69, 9.17) is 9.97 Å². The van der Waals surface area contributed by atoms with Gasteiger partial charge in [0.2, 0.25) is 0 Å². The number of anilines is 3. The highest BCUT2D eigenvalue weighted by atomic mass is 15.2. The highest BCUT2D eigenvalue weighted by molar-refractivity contribution is 6.12. The first-order valence-electron chi connectivity index (χ1n) is 20.4. The molecule has 0 unspecified atom stereocenters. The molecule has 4 heterocycles. The number of rotatable bonds is 5. The number of benzene rings is 7. The molecule has 11 rings (SSSR count). The molecule has 0 aliphatic carbocycles. The summed E-state index contributed by atoms with van der Waals surface area (Å²) in [6, 6.07) is 57.0. The largest absolute Gasteiger partial charge is 0.354 e. The van der Waals surface area contributed by atoms with Crippen LogP contribution in [0.4, 0.5) is 17.2 Å². The molecule has 0 saturated heterocycles. The van der Waals surface area contributed by atoms with Gasteiger partial charge in [-0.2, -0.15) is 0 Å². The molecular weight excluding hydrogens is 719 g/mol. The van der Waals surface area contributed by atoms with Crippen LogP contribution >= 0.6 is 0 Å². The van der Waals surface area contributed by atoms with E-state index in [1.54, 1.807) is 0 Å². The van der Waals surface area contributed by atoms with Crippen molar-refractivity contribution in [3.8, 4) is 39.3 Å². The minimum Gasteiger partial charge on any atom is -0.354 e. The summed E-state index contributed by atoms with van der Waals surface area (Å²) in [6.45, 7) is 11.2. The van der Waals surface area contributed by atoms with Crippen LogP contribution in [0.3, 0.4) is 0 Å². The third-order valence-corrected chi connectivity index (χ3v) is 12.6. The van der Waals surface area contributed by atoms with Gasteiger partial charge in [-0.3, -0.25) is 9.47 Å². The van der Waals surface area contributed by atoms with Crippen molar-refractivity contribution in [1.82, 2.24) is 19.5 Å². The Morgan fingerprint density at radius 2 is 1.25 bits per heavy atom. The molecule has 0 fully saturated rings. The van der Waals surface area contributed by atoms with Gasteiger partial charge in [-0.15, -0.1) is 0 Å². The van der Waals surface area contributed by atoms with E-state index in [1.165, 1.54) is 44.2 Å². The Morgan fingerprint density at radius 3 is 2.14 bits per heavy atom. The highest BCUT2D eigenvalue weighted by Gasteiger charge is 2.37. The lowest BCUT2D eigenvalue weighted by molar-refractivity contribution is 0.631.